The van der Waals surface area contributed by atoms with Crippen LogP contribution >= 0.6 is 22.9 Å². The third-order valence-electron chi connectivity index (χ3n) is 6.25. The molecule has 1 aliphatic rings. The topological polar surface area (TPSA) is 105 Å². The molecule has 0 saturated heterocycles. The first-order valence-electron chi connectivity index (χ1n) is 11.3. The minimum atomic E-state index is -0.423. The van der Waals surface area contributed by atoms with Crippen LogP contribution in [0.25, 0.3) is 16.2 Å². The maximum Gasteiger partial charge on any atom is 0.332 e. The Morgan fingerprint density at radius 1 is 1.11 bits per heavy atom. The highest BCUT2D eigenvalue weighted by atomic mass is 35.5. The summed E-state index contributed by atoms with van der Waals surface area (Å²) >= 11 is 8.05. The van der Waals surface area contributed by atoms with Gasteiger partial charge in [0.1, 0.15) is 17.4 Å². The van der Waals surface area contributed by atoms with Crippen molar-refractivity contribution in [3.05, 3.63) is 90.2 Å². The average Bonchev–Trinajstić information content (AvgIpc) is 3.57. The van der Waals surface area contributed by atoms with E-state index in [9.17, 15) is 9.59 Å². The van der Waals surface area contributed by atoms with Crippen molar-refractivity contribution in [2.75, 3.05) is 0 Å². The molecule has 0 atom stereocenters. The fourth-order valence-corrected chi connectivity index (χ4v) is 5.73. The molecule has 0 N–H and O–H groups in total. The quantitative estimate of drug-likeness (QED) is 0.326. The smallest absolute Gasteiger partial charge is 0.313 e. The molecule has 0 unspecified atom stereocenters. The number of thiophene rings is 1. The number of aliphatic imine (C=N–C) groups is 1. The van der Waals surface area contributed by atoms with Crippen LogP contribution in [0, 0.1) is 18.8 Å². The predicted octanol–water partition coefficient (Wildman–Crippen LogP) is 2.44. The van der Waals surface area contributed by atoms with E-state index in [1.165, 1.54) is 29.3 Å². The van der Waals surface area contributed by atoms with Crippen molar-refractivity contribution in [3.8, 4) is 16.8 Å². The van der Waals surface area contributed by atoms with Crippen molar-refractivity contribution >= 4 is 39.8 Å². The van der Waals surface area contributed by atoms with E-state index < -0.39 is 11.2 Å². The monoisotopic (exact) mass is 530 g/mol. The highest BCUT2D eigenvalue weighted by Crippen LogP contribution is 2.34. The summed E-state index contributed by atoms with van der Waals surface area (Å²) in [4.78, 5) is 34.8. The van der Waals surface area contributed by atoms with Gasteiger partial charge in [-0.05, 0) is 19.1 Å². The number of rotatable bonds is 2. The van der Waals surface area contributed by atoms with Gasteiger partial charge in [-0.3, -0.25) is 23.5 Å². The highest BCUT2D eigenvalue weighted by molar-refractivity contribution is 7.15. The second-order valence-corrected chi connectivity index (χ2v) is 9.96. The average molecular weight is 531 g/mol. The maximum absolute atomic E-state index is 12.7. The van der Waals surface area contributed by atoms with Gasteiger partial charge in [-0.25, -0.2) is 9.78 Å². The van der Waals surface area contributed by atoms with E-state index in [0.29, 0.717) is 22.7 Å². The number of hydrogen-bond acceptors (Lipinski definition) is 7. The van der Waals surface area contributed by atoms with Gasteiger partial charge in [0.05, 0.1) is 23.5 Å². The van der Waals surface area contributed by atoms with E-state index in [1.807, 2.05) is 41.8 Å². The molecule has 0 aliphatic carbocycles. The number of benzene rings is 1. The van der Waals surface area contributed by atoms with Gasteiger partial charge in [-0.15, -0.1) is 21.5 Å². The molecule has 10 nitrogen and oxygen atoms in total. The van der Waals surface area contributed by atoms with E-state index >= 15 is 0 Å². The van der Waals surface area contributed by atoms with Gasteiger partial charge in [-0.1, -0.05) is 41.6 Å². The lowest BCUT2D eigenvalue weighted by atomic mass is 10.0. The van der Waals surface area contributed by atoms with Crippen molar-refractivity contribution in [3.63, 3.8) is 0 Å². The van der Waals surface area contributed by atoms with E-state index in [2.05, 4.69) is 27.0 Å². The summed E-state index contributed by atoms with van der Waals surface area (Å²) in [5.74, 6) is 7.86. The Balaban J connectivity index is 1.43. The van der Waals surface area contributed by atoms with E-state index in [1.54, 1.807) is 11.6 Å². The number of hydrogen-bond donors (Lipinski definition) is 0. The molecular formula is C25H19ClN8O2S. The minimum Gasteiger partial charge on any atom is -0.313 e. The largest absolute Gasteiger partial charge is 0.332 e. The molecular weight excluding hydrogens is 512 g/mol. The van der Waals surface area contributed by atoms with Crippen LogP contribution < -0.4 is 11.2 Å². The van der Waals surface area contributed by atoms with E-state index in [4.69, 9.17) is 16.6 Å². The summed E-state index contributed by atoms with van der Waals surface area (Å²) in [6.45, 7) is 2.52. The van der Waals surface area contributed by atoms with Crippen molar-refractivity contribution < 1.29 is 0 Å². The fourth-order valence-electron chi connectivity index (χ4n) is 4.40. The summed E-state index contributed by atoms with van der Waals surface area (Å²) in [6, 6.07) is 9.61. The van der Waals surface area contributed by atoms with Crippen LogP contribution in [-0.4, -0.2) is 39.2 Å². The third kappa shape index (κ3) is 3.64. The van der Waals surface area contributed by atoms with Crippen molar-refractivity contribution in [1.29, 1.82) is 0 Å². The standard InChI is InChI=1S/C25H19ClN8O2S/c1-14-29-30-19-12-27-20(16-8-4-5-9-18(16)26)17-11-15(37-24(17)34(14)19)7-6-10-33-13-28-22-21(33)23(35)32(3)25(36)31(22)2/h4-5,8-9,11,13H,10,12H2,1-3H3. The SMILES string of the molecule is Cc1nnc2n1-c1sc(C#CCn3cnc4c3c(=O)n(C)c(=O)n4C)cc1C(c1ccccc1Cl)=NC2. The zero-order valence-electron chi connectivity index (χ0n) is 20.1. The van der Waals surface area contributed by atoms with Gasteiger partial charge in [0.15, 0.2) is 17.0 Å². The second kappa shape index (κ2) is 8.69. The van der Waals surface area contributed by atoms with Gasteiger partial charge < -0.3 is 4.57 Å². The molecule has 1 aliphatic heterocycles. The van der Waals surface area contributed by atoms with Crippen LogP contribution in [0.2, 0.25) is 5.02 Å². The van der Waals surface area contributed by atoms with Crippen molar-refractivity contribution in [2.45, 2.75) is 20.0 Å². The summed E-state index contributed by atoms with van der Waals surface area (Å²) in [5.41, 5.74) is 2.35. The lowest BCUT2D eigenvalue weighted by Crippen LogP contribution is -2.37. The molecule has 12 heteroatoms. The molecule has 0 bridgehead atoms. The number of fused-ring (bicyclic) bond motifs is 4. The number of aromatic nitrogens is 7. The summed E-state index contributed by atoms with van der Waals surface area (Å²) in [5, 5.41) is 10.1. The zero-order valence-corrected chi connectivity index (χ0v) is 21.6. The third-order valence-corrected chi connectivity index (χ3v) is 7.61. The Labute approximate surface area is 219 Å². The molecule has 0 spiro atoms. The van der Waals surface area contributed by atoms with Crippen LogP contribution in [0.5, 0.6) is 0 Å². The molecule has 0 saturated carbocycles. The summed E-state index contributed by atoms with van der Waals surface area (Å²) in [6.07, 6.45) is 1.53. The number of nitrogens with zero attached hydrogens (tertiary/aromatic N) is 8. The Morgan fingerprint density at radius 3 is 2.73 bits per heavy atom. The first-order chi connectivity index (χ1) is 17.8. The molecule has 4 aromatic heterocycles. The normalized spacial score (nSPS) is 12.5. The molecule has 0 fully saturated rings. The highest BCUT2D eigenvalue weighted by Gasteiger charge is 2.25. The molecule has 1 aromatic carbocycles. The van der Waals surface area contributed by atoms with Crippen LogP contribution in [0.3, 0.4) is 0 Å². The molecule has 5 aromatic rings. The zero-order chi connectivity index (χ0) is 25.8. The number of aryl methyl sites for hydroxylation is 2. The number of halogens is 1. The van der Waals surface area contributed by atoms with Gasteiger partial charge in [0.25, 0.3) is 5.56 Å². The summed E-state index contributed by atoms with van der Waals surface area (Å²) in [7, 11) is 3.04. The molecule has 0 amide bonds. The van der Waals surface area contributed by atoms with Crippen LogP contribution in [-0.2, 0) is 27.2 Å². The molecule has 0 radical (unpaired) electrons. The second-order valence-electron chi connectivity index (χ2n) is 8.53. The predicted molar refractivity (Wildman–Crippen MR) is 142 cm³/mol. The fraction of sp³-hybridized carbons (Fsp3) is 0.200. The Kier molecular flexibility index (Phi) is 5.43. The lowest BCUT2D eigenvalue weighted by Gasteiger charge is -2.08. The van der Waals surface area contributed by atoms with E-state index in [0.717, 1.165) is 42.9 Å². The Morgan fingerprint density at radius 2 is 1.92 bits per heavy atom. The van der Waals surface area contributed by atoms with Crippen LogP contribution in [0.1, 0.15) is 27.7 Å². The first kappa shape index (κ1) is 23.1. The Bertz CT molecular complexity index is 1940. The number of imidazole rings is 1. The lowest BCUT2D eigenvalue weighted by molar-refractivity contribution is 0.704. The van der Waals surface area contributed by atoms with Crippen molar-refractivity contribution in [1.82, 2.24) is 33.4 Å². The van der Waals surface area contributed by atoms with Gasteiger partial charge in [0, 0.05) is 30.2 Å². The summed E-state index contributed by atoms with van der Waals surface area (Å²) < 4.78 is 6.08. The van der Waals surface area contributed by atoms with Crippen LogP contribution in [0.15, 0.2) is 51.2 Å². The van der Waals surface area contributed by atoms with E-state index in [-0.39, 0.29) is 6.54 Å². The first-order valence-corrected chi connectivity index (χ1v) is 12.5. The molecule has 6 rings (SSSR count). The Hall–Kier alpha value is -4.27. The van der Waals surface area contributed by atoms with Crippen molar-refractivity contribution in [2.24, 2.45) is 19.1 Å². The van der Waals surface area contributed by atoms with Crippen LogP contribution in [0.4, 0.5) is 0 Å². The van der Waals surface area contributed by atoms with Gasteiger partial charge in [-0.2, -0.15) is 0 Å². The maximum atomic E-state index is 12.7. The molecule has 37 heavy (non-hydrogen) atoms. The molecule has 184 valence electrons. The minimum absolute atomic E-state index is 0.231. The van der Waals surface area contributed by atoms with Gasteiger partial charge in [0.2, 0.25) is 0 Å². The molecule has 5 heterocycles. The van der Waals surface area contributed by atoms with Gasteiger partial charge >= 0.3 is 5.69 Å².